The maximum Gasteiger partial charge on any atom is 0.306 e. The van der Waals surface area contributed by atoms with E-state index < -0.39 is 5.97 Å². The Labute approximate surface area is 98.7 Å². The van der Waals surface area contributed by atoms with Crippen molar-refractivity contribution >= 4 is 22.4 Å². The SMILES string of the molecule is Cc1csc(NCC2CCCC2C(=O)O)n1. The molecule has 1 heterocycles. The Balaban J connectivity index is 1.87. The van der Waals surface area contributed by atoms with E-state index in [4.69, 9.17) is 5.11 Å². The van der Waals surface area contributed by atoms with Gasteiger partial charge in [0, 0.05) is 11.9 Å². The lowest BCUT2D eigenvalue weighted by molar-refractivity contribution is -0.142. The third-order valence-electron chi connectivity index (χ3n) is 3.11. The monoisotopic (exact) mass is 240 g/mol. The summed E-state index contributed by atoms with van der Waals surface area (Å²) in [4.78, 5) is 15.3. The van der Waals surface area contributed by atoms with E-state index in [1.165, 1.54) is 0 Å². The largest absolute Gasteiger partial charge is 0.481 e. The maximum atomic E-state index is 11.0. The van der Waals surface area contributed by atoms with Crippen LogP contribution in [0.1, 0.15) is 25.0 Å². The summed E-state index contributed by atoms with van der Waals surface area (Å²) in [6, 6.07) is 0. The summed E-state index contributed by atoms with van der Waals surface area (Å²) in [7, 11) is 0. The minimum atomic E-state index is -0.653. The van der Waals surface area contributed by atoms with E-state index in [-0.39, 0.29) is 11.8 Å². The van der Waals surface area contributed by atoms with Crippen molar-refractivity contribution < 1.29 is 9.90 Å². The van der Waals surface area contributed by atoms with Crippen LogP contribution in [0.2, 0.25) is 0 Å². The number of nitrogens with zero attached hydrogens (tertiary/aromatic N) is 1. The summed E-state index contributed by atoms with van der Waals surface area (Å²) < 4.78 is 0. The molecule has 1 aromatic heterocycles. The minimum absolute atomic E-state index is 0.173. The van der Waals surface area contributed by atoms with E-state index in [2.05, 4.69) is 10.3 Å². The summed E-state index contributed by atoms with van der Waals surface area (Å²) in [5.74, 6) is -0.574. The van der Waals surface area contributed by atoms with E-state index in [9.17, 15) is 4.79 Å². The van der Waals surface area contributed by atoms with Crippen LogP contribution in [0, 0.1) is 18.8 Å². The highest BCUT2D eigenvalue weighted by Crippen LogP contribution is 2.32. The first-order valence-corrected chi connectivity index (χ1v) is 6.43. The van der Waals surface area contributed by atoms with Crippen LogP contribution in [0.3, 0.4) is 0 Å². The third kappa shape index (κ3) is 2.52. The van der Waals surface area contributed by atoms with Gasteiger partial charge in [0.2, 0.25) is 0 Å². The zero-order valence-electron chi connectivity index (χ0n) is 9.27. The van der Waals surface area contributed by atoms with E-state index in [1.807, 2.05) is 12.3 Å². The predicted octanol–water partition coefficient (Wildman–Crippen LogP) is 2.36. The Morgan fingerprint density at radius 3 is 3.12 bits per heavy atom. The summed E-state index contributed by atoms with van der Waals surface area (Å²) in [6.07, 6.45) is 2.85. The van der Waals surface area contributed by atoms with Crippen LogP contribution in [0.5, 0.6) is 0 Å². The Hall–Kier alpha value is -1.10. The molecule has 0 aromatic carbocycles. The van der Waals surface area contributed by atoms with Crippen LogP contribution in [0.15, 0.2) is 5.38 Å². The van der Waals surface area contributed by atoms with Crippen molar-refractivity contribution in [3.63, 3.8) is 0 Å². The number of hydrogen-bond donors (Lipinski definition) is 2. The van der Waals surface area contributed by atoms with Gasteiger partial charge in [-0.1, -0.05) is 6.42 Å². The molecule has 1 aromatic rings. The topological polar surface area (TPSA) is 62.2 Å². The number of carbonyl (C=O) groups is 1. The highest BCUT2D eigenvalue weighted by atomic mass is 32.1. The first-order chi connectivity index (χ1) is 7.66. The van der Waals surface area contributed by atoms with Gasteiger partial charge in [-0.25, -0.2) is 4.98 Å². The van der Waals surface area contributed by atoms with E-state index in [1.54, 1.807) is 11.3 Å². The lowest BCUT2D eigenvalue weighted by Crippen LogP contribution is -2.24. The van der Waals surface area contributed by atoms with Gasteiger partial charge < -0.3 is 10.4 Å². The molecule has 2 rings (SSSR count). The summed E-state index contributed by atoms with van der Waals surface area (Å²) >= 11 is 1.57. The fourth-order valence-corrected chi connectivity index (χ4v) is 2.96. The number of aryl methyl sites for hydroxylation is 1. The summed E-state index contributed by atoms with van der Waals surface area (Å²) in [6.45, 7) is 2.68. The summed E-state index contributed by atoms with van der Waals surface area (Å²) in [5, 5.41) is 15.2. The van der Waals surface area contributed by atoms with Crippen LogP contribution in [-0.2, 0) is 4.79 Å². The Kier molecular flexibility index (Phi) is 3.43. The molecule has 0 radical (unpaired) electrons. The maximum absolute atomic E-state index is 11.0. The van der Waals surface area contributed by atoms with Crippen molar-refractivity contribution in [1.29, 1.82) is 0 Å². The zero-order chi connectivity index (χ0) is 11.5. The number of aromatic nitrogens is 1. The zero-order valence-corrected chi connectivity index (χ0v) is 10.1. The van der Waals surface area contributed by atoms with Gasteiger partial charge in [0.25, 0.3) is 0 Å². The van der Waals surface area contributed by atoms with Crippen LogP contribution < -0.4 is 5.32 Å². The fraction of sp³-hybridized carbons (Fsp3) is 0.636. The third-order valence-corrected chi connectivity index (χ3v) is 4.03. The normalized spacial score (nSPS) is 24.6. The number of anilines is 1. The fourth-order valence-electron chi connectivity index (χ4n) is 2.26. The van der Waals surface area contributed by atoms with Gasteiger partial charge in [-0.2, -0.15) is 0 Å². The van der Waals surface area contributed by atoms with Gasteiger partial charge in [-0.15, -0.1) is 11.3 Å². The number of aliphatic carboxylic acids is 1. The van der Waals surface area contributed by atoms with Gasteiger partial charge in [0.05, 0.1) is 11.6 Å². The smallest absolute Gasteiger partial charge is 0.306 e. The van der Waals surface area contributed by atoms with Crippen molar-refractivity contribution in [2.75, 3.05) is 11.9 Å². The molecule has 2 unspecified atom stereocenters. The number of thiazole rings is 1. The highest BCUT2D eigenvalue weighted by Gasteiger charge is 2.32. The molecule has 88 valence electrons. The van der Waals surface area contributed by atoms with Crippen LogP contribution in [0.4, 0.5) is 5.13 Å². The first kappa shape index (κ1) is 11.4. The molecule has 0 amide bonds. The highest BCUT2D eigenvalue weighted by molar-refractivity contribution is 7.13. The Morgan fingerprint density at radius 1 is 1.69 bits per heavy atom. The summed E-state index contributed by atoms with van der Waals surface area (Å²) in [5.41, 5.74) is 1.01. The van der Waals surface area contributed by atoms with Crippen molar-refractivity contribution in [3.05, 3.63) is 11.1 Å². The van der Waals surface area contributed by atoms with Gasteiger partial charge in [-0.3, -0.25) is 4.79 Å². The molecule has 16 heavy (non-hydrogen) atoms. The van der Waals surface area contributed by atoms with Crippen molar-refractivity contribution in [1.82, 2.24) is 4.98 Å². The second-order valence-electron chi connectivity index (χ2n) is 4.31. The first-order valence-electron chi connectivity index (χ1n) is 5.55. The second-order valence-corrected chi connectivity index (χ2v) is 5.17. The quantitative estimate of drug-likeness (QED) is 0.848. The molecule has 0 bridgehead atoms. The minimum Gasteiger partial charge on any atom is -0.481 e. The van der Waals surface area contributed by atoms with Gasteiger partial charge >= 0.3 is 5.97 Å². The van der Waals surface area contributed by atoms with E-state index >= 15 is 0 Å². The number of nitrogens with one attached hydrogen (secondary N) is 1. The Bertz CT molecular complexity index is 378. The molecule has 1 aliphatic carbocycles. The molecule has 1 fully saturated rings. The number of hydrogen-bond acceptors (Lipinski definition) is 4. The van der Waals surface area contributed by atoms with E-state index in [0.717, 1.165) is 36.6 Å². The molecular weight excluding hydrogens is 224 g/mol. The number of rotatable bonds is 4. The molecule has 0 aliphatic heterocycles. The van der Waals surface area contributed by atoms with Crippen molar-refractivity contribution in [2.45, 2.75) is 26.2 Å². The average Bonchev–Trinajstić information content (AvgIpc) is 2.83. The molecular formula is C11H16N2O2S. The Morgan fingerprint density at radius 2 is 2.50 bits per heavy atom. The standard InChI is InChI=1S/C11H16N2O2S/c1-7-6-16-11(13-7)12-5-8-3-2-4-9(8)10(14)15/h6,8-9H,2-5H2,1H3,(H,12,13)(H,14,15). The lowest BCUT2D eigenvalue weighted by Gasteiger charge is -2.15. The molecule has 0 saturated heterocycles. The molecule has 2 N–H and O–H groups in total. The van der Waals surface area contributed by atoms with Crippen LogP contribution in [-0.4, -0.2) is 22.6 Å². The second kappa shape index (κ2) is 4.82. The molecule has 2 atom stereocenters. The van der Waals surface area contributed by atoms with Crippen molar-refractivity contribution in [2.24, 2.45) is 11.8 Å². The molecule has 1 saturated carbocycles. The van der Waals surface area contributed by atoms with Crippen LogP contribution >= 0.6 is 11.3 Å². The molecule has 0 spiro atoms. The average molecular weight is 240 g/mol. The van der Waals surface area contributed by atoms with Gasteiger partial charge in [-0.05, 0) is 25.7 Å². The number of carboxylic acids is 1. The molecule has 5 heteroatoms. The van der Waals surface area contributed by atoms with Gasteiger partial charge in [0.15, 0.2) is 5.13 Å². The van der Waals surface area contributed by atoms with Gasteiger partial charge in [0.1, 0.15) is 0 Å². The van der Waals surface area contributed by atoms with E-state index in [0.29, 0.717) is 0 Å². The molecule has 4 nitrogen and oxygen atoms in total. The molecule has 1 aliphatic rings. The van der Waals surface area contributed by atoms with Crippen LogP contribution in [0.25, 0.3) is 0 Å². The number of carboxylic acid groups (broad SMARTS) is 1. The predicted molar refractivity (Wildman–Crippen MR) is 63.8 cm³/mol. The lowest BCUT2D eigenvalue weighted by atomic mass is 9.96. The van der Waals surface area contributed by atoms with Crippen molar-refractivity contribution in [3.8, 4) is 0 Å².